The first-order valence-corrected chi connectivity index (χ1v) is 18.6. The number of halogens is 6. The molecule has 0 saturated carbocycles. The Morgan fingerprint density at radius 2 is 1.63 bits per heavy atom. The Balaban J connectivity index is 1.53. The van der Waals surface area contributed by atoms with Crippen LogP contribution in [0.25, 0.3) is 22.2 Å². The smallest absolute Gasteiger partial charge is 0.337 e. The molecular weight excluding hydrogens is 694 g/mol. The second-order valence-corrected chi connectivity index (χ2v) is 15.5. The maximum atomic E-state index is 14.6. The Morgan fingerprint density at radius 3 is 2.24 bits per heavy atom. The van der Waals surface area contributed by atoms with Crippen LogP contribution in [0.2, 0.25) is 0 Å². The van der Waals surface area contributed by atoms with Crippen molar-refractivity contribution in [2.24, 2.45) is 0 Å². The molecule has 4 aromatic rings. The van der Waals surface area contributed by atoms with E-state index in [1.54, 1.807) is 0 Å². The zero-order valence-corrected chi connectivity index (χ0v) is 28.9. The van der Waals surface area contributed by atoms with Crippen molar-refractivity contribution in [2.75, 3.05) is 25.9 Å². The van der Waals surface area contributed by atoms with E-state index in [4.69, 9.17) is 0 Å². The highest BCUT2D eigenvalue weighted by Crippen LogP contribution is 2.38. The molecule has 2 aliphatic heterocycles. The molecule has 1 amide bonds. The summed E-state index contributed by atoms with van der Waals surface area (Å²) in [4.78, 5) is 23.4. The van der Waals surface area contributed by atoms with Crippen LogP contribution in [-0.2, 0) is 22.6 Å². The number of alkyl halides is 6. The average molecular weight is 733 g/mol. The van der Waals surface area contributed by atoms with Crippen LogP contribution in [0.15, 0.2) is 77.7 Å². The lowest BCUT2D eigenvalue weighted by Crippen LogP contribution is -2.46. The van der Waals surface area contributed by atoms with Crippen LogP contribution in [-0.4, -0.2) is 73.3 Å². The van der Waals surface area contributed by atoms with E-state index in [1.807, 2.05) is 4.90 Å². The zero-order chi connectivity index (χ0) is 36.7. The number of pyridine rings is 1. The molecule has 1 unspecified atom stereocenters. The largest absolute Gasteiger partial charge is 0.416 e. The Morgan fingerprint density at radius 1 is 0.922 bits per heavy atom. The van der Waals surface area contributed by atoms with Crippen molar-refractivity contribution >= 4 is 26.6 Å². The lowest BCUT2D eigenvalue weighted by Gasteiger charge is -2.39. The summed E-state index contributed by atoms with van der Waals surface area (Å²) in [5.41, 5.74) is -1.33. The molecule has 3 aromatic carbocycles. The van der Waals surface area contributed by atoms with E-state index < -0.39 is 39.7 Å². The van der Waals surface area contributed by atoms with Gasteiger partial charge in [0.1, 0.15) is 0 Å². The molecule has 51 heavy (non-hydrogen) atoms. The van der Waals surface area contributed by atoms with Gasteiger partial charge in [0.05, 0.1) is 27.2 Å². The number of rotatable bonds is 8. The molecule has 6 rings (SSSR count). The summed E-state index contributed by atoms with van der Waals surface area (Å²) in [7, 11) is -3.85. The molecule has 2 aliphatic rings. The van der Waals surface area contributed by atoms with Crippen molar-refractivity contribution in [2.45, 2.75) is 74.5 Å². The molecule has 14 heteroatoms. The minimum absolute atomic E-state index is 0.00980. The van der Waals surface area contributed by atoms with Crippen LogP contribution in [0.3, 0.4) is 0 Å². The van der Waals surface area contributed by atoms with Crippen LogP contribution >= 0.6 is 0 Å². The van der Waals surface area contributed by atoms with E-state index in [9.17, 15) is 39.6 Å². The summed E-state index contributed by atoms with van der Waals surface area (Å²) in [5.74, 6) is -1.16. The van der Waals surface area contributed by atoms with Crippen molar-refractivity contribution < 1.29 is 39.6 Å². The molecule has 272 valence electrons. The van der Waals surface area contributed by atoms with Crippen LogP contribution in [0, 0.1) is 0 Å². The maximum absolute atomic E-state index is 14.6. The lowest BCUT2D eigenvalue weighted by atomic mass is 9.93. The van der Waals surface area contributed by atoms with Crippen molar-refractivity contribution in [3.63, 3.8) is 0 Å². The lowest BCUT2D eigenvalue weighted by molar-refractivity contribution is -0.155. The Kier molecular flexibility index (Phi) is 10.2. The summed E-state index contributed by atoms with van der Waals surface area (Å²) < 4.78 is 111. The number of nitrogens with one attached hydrogen (secondary N) is 1. The van der Waals surface area contributed by atoms with E-state index in [2.05, 4.69) is 22.1 Å². The van der Waals surface area contributed by atoms with Gasteiger partial charge in [-0.2, -0.15) is 26.3 Å². The second kappa shape index (κ2) is 14.2. The van der Waals surface area contributed by atoms with Crippen LogP contribution < -0.4 is 5.32 Å². The standard InChI is InChI=1S/C37H38F6N4O3S/c1-23-8-7-17-47(23)27-15-18-46(19-16-27)22-30-32(35(48)45-34(37(41,42)43)24-9-4-3-5-10-24)29-21-28(51(2,49)50)13-14-31(29)44-33(30)25-11-6-12-26(20-25)36(38,39)40/h3-6,9-14,20-21,23,27,34H,7-8,15-19,22H2,1-2H3,(H,45,48)/t23-,34?/m0/s1. The zero-order valence-electron chi connectivity index (χ0n) is 28.1. The third-order valence-corrected chi connectivity index (χ3v) is 11.0. The number of carbonyl (C=O) groups excluding carboxylic acids is 1. The normalized spacial score (nSPS) is 19.0. The van der Waals surface area contributed by atoms with Gasteiger partial charge < -0.3 is 5.32 Å². The van der Waals surface area contributed by atoms with Crippen LogP contribution in [0.1, 0.15) is 65.7 Å². The number of piperidine rings is 1. The number of carbonyl (C=O) groups is 1. The van der Waals surface area contributed by atoms with E-state index >= 15 is 0 Å². The Labute approximate surface area is 292 Å². The molecular formula is C37H38F6N4O3S. The van der Waals surface area contributed by atoms with Gasteiger partial charge in [0.25, 0.3) is 5.91 Å². The molecule has 1 N–H and O–H groups in total. The first-order valence-electron chi connectivity index (χ1n) is 16.8. The van der Waals surface area contributed by atoms with Gasteiger partial charge in [0.2, 0.25) is 0 Å². The fraction of sp³-hybridized carbons (Fsp3) is 0.405. The van der Waals surface area contributed by atoms with Crippen LogP contribution in [0.4, 0.5) is 26.3 Å². The first kappa shape index (κ1) is 36.8. The molecule has 7 nitrogen and oxygen atoms in total. The molecule has 2 fully saturated rings. The molecule has 0 bridgehead atoms. The summed E-state index contributed by atoms with van der Waals surface area (Å²) in [6.45, 7) is 4.29. The van der Waals surface area contributed by atoms with E-state index in [1.165, 1.54) is 60.7 Å². The highest BCUT2D eigenvalue weighted by Gasteiger charge is 2.43. The first-order chi connectivity index (χ1) is 24.0. The van der Waals surface area contributed by atoms with Crippen molar-refractivity contribution in [1.82, 2.24) is 20.1 Å². The van der Waals surface area contributed by atoms with Crippen molar-refractivity contribution in [3.05, 3.63) is 95.1 Å². The number of hydrogen-bond donors (Lipinski definition) is 1. The van der Waals surface area contributed by atoms with Crippen molar-refractivity contribution in [1.29, 1.82) is 0 Å². The fourth-order valence-electron chi connectivity index (χ4n) is 7.34. The van der Waals surface area contributed by atoms with Crippen LogP contribution in [0.5, 0.6) is 0 Å². The Bertz CT molecular complexity index is 2010. The number of nitrogens with zero attached hydrogens (tertiary/aromatic N) is 3. The van der Waals surface area contributed by atoms with Gasteiger partial charge in [-0.05, 0) is 88.1 Å². The van der Waals surface area contributed by atoms with Gasteiger partial charge in [-0.3, -0.25) is 14.6 Å². The predicted octanol–water partition coefficient (Wildman–Crippen LogP) is 7.81. The summed E-state index contributed by atoms with van der Waals surface area (Å²) in [6, 6.07) is 13.3. The number of hydrogen-bond acceptors (Lipinski definition) is 6. The Hall–Kier alpha value is -4.01. The molecule has 0 radical (unpaired) electrons. The molecule has 0 spiro atoms. The monoisotopic (exact) mass is 732 g/mol. The third kappa shape index (κ3) is 8.07. The minimum atomic E-state index is -4.92. The molecule has 1 aromatic heterocycles. The quantitative estimate of drug-likeness (QED) is 0.186. The maximum Gasteiger partial charge on any atom is 0.416 e. The minimum Gasteiger partial charge on any atom is -0.337 e. The summed E-state index contributed by atoms with van der Waals surface area (Å²) in [6.07, 6.45) is -4.88. The average Bonchev–Trinajstić information content (AvgIpc) is 3.51. The van der Waals surface area contributed by atoms with Gasteiger partial charge in [-0.25, -0.2) is 13.4 Å². The van der Waals surface area contributed by atoms with Gasteiger partial charge in [-0.1, -0.05) is 42.5 Å². The molecule has 0 aliphatic carbocycles. The molecule has 2 saturated heterocycles. The SMILES string of the molecule is C[C@H]1CCCN1C1CCN(Cc2c(-c3cccc(C(F)(F)F)c3)nc3ccc(S(C)(=O)=O)cc3c2C(=O)NC(c2ccccc2)C(F)(F)F)CC1. The summed E-state index contributed by atoms with van der Waals surface area (Å²) in [5, 5.41) is 2.10. The number of fused-ring (bicyclic) bond motifs is 1. The number of sulfone groups is 1. The molecule has 3 heterocycles. The van der Waals surface area contributed by atoms with Gasteiger partial charge >= 0.3 is 12.4 Å². The van der Waals surface area contributed by atoms with Gasteiger partial charge in [-0.15, -0.1) is 0 Å². The number of amides is 1. The van der Waals surface area contributed by atoms with E-state index in [-0.39, 0.29) is 50.3 Å². The number of benzene rings is 3. The topological polar surface area (TPSA) is 82.6 Å². The van der Waals surface area contributed by atoms with E-state index in [0.29, 0.717) is 25.2 Å². The van der Waals surface area contributed by atoms with Gasteiger partial charge in [0.15, 0.2) is 15.9 Å². The second-order valence-electron chi connectivity index (χ2n) is 13.4. The van der Waals surface area contributed by atoms with Gasteiger partial charge in [0, 0.05) is 41.4 Å². The highest BCUT2D eigenvalue weighted by molar-refractivity contribution is 7.90. The molecule has 2 atom stereocenters. The predicted molar refractivity (Wildman–Crippen MR) is 182 cm³/mol. The van der Waals surface area contributed by atoms with Crippen molar-refractivity contribution in [3.8, 4) is 11.3 Å². The highest BCUT2D eigenvalue weighted by atomic mass is 32.2. The van der Waals surface area contributed by atoms with E-state index in [0.717, 1.165) is 50.6 Å². The third-order valence-electron chi connectivity index (χ3n) is 9.92. The summed E-state index contributed by atoms with van der Waals surface area (Å²) >= 11 is 0. The number of aromatic nitrogens is 1. The fourth-order valence-corrected chi connectivity index (χ4v) is 7.99. The number of likely N-dealkylation sites (tertiary alicyclic amines) is 2.